The Kier molecular flexibility index (Phi) is 4.55. The number of nitro benzene ring substituents is 1. The fourth-order valence-corrected chi connectivity index (χ4v) is 4.59. The maximum Gasteiger partial charge on any atom is 0.273 e. The van der Waals surface area contributed by atoms with Gasteiger partial charge >= 0.3 is 0 Å². The van der Waals surface area contributed by atoms with Crippen molar-refractivity contribution in [3.63, 3.8) is 0 Å². The van der Waals surface area contributed by atoms with Crippen LogP contribution in [0.5, 0.6) is 0 Å². The maximum atomic E-state index is 12.9. The van der Waals surface area contributed by atoms with Gasteiger partial charge in [-0.3, -0.25) is 19.8 Å². The summed E-state index contributed by atoms with van der Waals surface area (Å²) < 4.78 is 0. The number of rotatable bonds is 4. The SMILES string of the molecule is O=C1C[C@@H]2CCN(Cc3ccccc3)[C@@H](C2)[C@@H]1c1ccccc1[N+](=O)[O-]. The minimum Gasteiger partial charge on any atom is -0.299 e. The second kappa shape index (κ2) is 7.00. The zero-order valence-corrected chi connectivity index (χ0v) is 14.6. The van der Waals surface area contributed by atoms with Gasteiger partial charge in [0.05, 0.1) is 10.8 Å². The molecule has 5 heteroatoms. The van der Waals surface area contributed by atoms with Crippen LogP contribution in [-0.2, 0) is 11.3 Å². The fraction of sp³-hybridized carbons (Fsp3) is 0.381. The summed E-state index contributed by atoms with van der Waals surface area (Å²) in [5.41, 5.74) is 1.85. The average molecular weight is 350 g/mol. The normalized spacial score (nSPS) is 25.8. The molecule has 0 N–H and O–H groups in total. The molecule has 0 aromatic heterocycles. The summed E-state index contributed by atoms with van der Waals surface area (Å²) in [6, 6.07) is 17.0. The first-order chi connectivity index (χ1) is 12.6. The number of carbonyl (C=O) groups is 1. The first kappa shape index (κ1) is 16.9. The molecule has 0 unspecified atom stereocenters. The lowest BCUT2D eigenvalue weighted by molar-refractivity contribution is -0.385. The Balaban J connectivity index is 1.69. The quantitative estimate of drug-likeness (QED) is 0.619. The van der Waals surface area contributed by atoms with Gasteiger partial charge in [-0.05, 0) is 30.9 Å². The molecular formula is C21H22N2O3. The van der Waals surface area contributed by atoms with Crippen molar-refractivity contribution in [2.24, 2.45) is 5.92 Å². The van der Waals surface area contributed by atoms with Crippen LogP contribution in [0, 0.1) is 16.0 Å². The molecule has 2 aromatic rings. The summed E-state index contributed by atoms with van der Waals surface area (Å²) >= 11 is 0. The number of hydrogen-bond donors (Lipinski definition) is 0. The number of piperidine rings is 1. The highest BCUT2D eigenvalue weighted by Gasteiger charge is 2.45. The van der Waals surface area contributed by atoms with Crippen molar-refractivity contribution in [3.8, 4) is 0 Å². The number of hydrogen-bond acceptors (Lipinski definition) is 4. The van der Waals surface area contributed by atoms with E-state index in [0.29, 0.717) is 17.9 Å². The summed E-state index contributed by atoms with van der Waals surface area (Å²) in [5, 5.41) is 11.5. The van der Waals surface area contributed by atoms with E-state index in [9.17, 15) is 14.9 Å². The Bertz CT molecular complexity index is 821. The molecule has 1 aliphatic heterocycles. The van der Waals surface area contributed by atoms with Gasteiger partial charge in [-0.25, -0.2) is 0 Å². The molecule has 5 nitrogen and oxygen atoms in total. The van der Waals surface area contributed by atoms with E-state index >= 15 is 0 Å². The Labute approximate surface area is 152 Å². The highest BCUT2D eigenvalue weighted by molar-refractivity contribution is 5.89. The lowest BCUT2D eigenvalue weighted by atomic mass is 9.70. The third-order valence-electron chi connectivity index (χ3n) is 5.79. The molecule has 1 aliphatic carbocycles. The van der Waals surface area contributed by atoms with Crippen LogP contribution in [-0.4, -0.2) is 28.2 Å². The summed E-state index contributed by atoms with van der Waals surface area (Å²) in [6.07, 6.45) is 2.51. The molecule has 0 spiro atoms. The van der Waals surface area contributed by atoms with E-state index in [4.69, 9.17) is 0 Å². The number of likely N-dealkylation sites (tertiary alicyclic amines) is 1. The summed E-state index contributed by atoms with van der Waals surface area (Å²) in [7, 11) is 0. The first-order valence-electron chi connectivity index (χ1n) is 9.17. The molecule has 0 amide bonds. The Morgan fingerprint density at radius 2 is 1.81 bits per heavy atom. The Morgan fingerprint density at radius 1 is 1.08 bits per heavy atom. The number of carbonyl (C=O) groups excluding carboxylic acids is 1. The van der Waals surface area contributed by atoms with E-state index in [1.54, 1.807) is 18.2 Å². The van der Waals surface area contributed by atoms with Crippen molar-refractivity contribution in [2.45, 2.75) is 37.8 Å². The Morgan fingerprint density at radius 3 is 2.58 bits per heavy atom. The van der Waals surface area contributed by atoms with E-state index in [1.807, 2.05) is 18.2 Å². The second-order valence-corrected chi connectivity index (χ2v) is 7.38. The van der Waals surface area contributed by atoms with Gasteiger partial charge in [0.25, 0.3) is 5.69 Å². The Hall–Kier alpha value is -2.53. The number of ketones is 1. The van der Waals surface area contributed by atoms with Crippen LogP contribution < -0.4 is 0 Å². The minimum absolute atomic E-state index is 0.0382. The molecule has 1 saturated heterocycles. The summed E-state index contributed by atoms with van der Waals surface area (Å²) in [5.74, 6) is 0.161. The highest BCUT2D eigenvalue weighted by atomic mass is 16.6. The van der Waals surface area contributed by atoms with Crippen LogP contribution in [0.4, 0.5) is 5.69 Å². The molecule has 26 heavy (non-hydrogen) atoms. The smallest absolute Gasteiger partial charge is 0.273 e. The molecule has 1 saturated carbocycles. The zero-order chi connectivity index (χ0) is 18.1. The molecule has 2 aromatic carbocycles. The third-order valence-corrected chi connectivity index (χ3v) is 5.79. The van der Waals surface area contributed by atoms with Gasteiger partial charge < -0.3 is 0 Å². The minimum atomic E-state index is -0.406. The largest absolute Gasteiger partial charge is 0.299 e. The van der Waals surface area contributed by atoms with Gasteiger partial charge in [-0.2, -0.15) is 0 Å². The van der Waals surface area contributed by atoms with E-state index in [2.05, 4.69) is 17.0 Å². The van der Waals surface area contributed by atoms with Crippen LogP contribution in [0.2, 0.25) is 0 Å². The zero-order valence-electron chi connectivity index (χ0n) is 14.6. The van der Waals surface area contributed by atoms with E-state index in [-0.39, 0.29) is 22.4 Å². The van der Waals surface area contributed by atoms with E-state index in [1.165, 1.54) is 11.6 Å². The number of nitro groups is 1. The van der Waals surface area contributed by atoms with Crippen LogP contribution in [0.1, 0.15) is 36.3 Å². The van der Waals surface area contributed by atoms with Crippen molar-refractivity contribution < 1.29 is 9.72 Å². The van der Waals surface area contributed by atoms with Gasteiger partial charge in [0.15, 0.2) is 0 Å². The van der Waals surface area contributed by atoms with Crippen molar-refractivity contribution in [1.82, 2.24) is 4.90 Å². The summed E-state index contributed by atoms with van der Waals surface area (Å²) in [4.78, 5) is 26.4. The molecule has 2 bridgehead atoms. The van der Waals surface area contributed by atoms with Crippen molar-refractivity contribution in [3.05, 3.63) is 75.8 Å². The number of fused-ring (bicyclic) bond motifs is 2. The van der Waals surface area contributed by atoms with Crippen LogP contribution >= 0.6 is 0 Å². The van der Waals surface area contributed by atoms with Crippen molar-refractivity contribution in [1.29, 1.82) is 0 Å². The van der Waals surface area contributed by atoms with E-state index in [0.717, 1.165) is 25.9 Å². The molecule has 3 atom stereocenters. The van der Waals surface area contributed by atoms with Crippen LogP contribution in [0.3, 0.4) is 0 Å². The molecule has 2 aliphatic rings. The number of nitrogens with zero attached hydrogens (tertiary/aromatic N) is 2. The van der Waals surface area contributed by atoms with E-state index < -0.39 is 5.92 Å². The number of Topliss-reactive ketones (excluding diaryl/α,β-unsaturated/α-hetero) is 1. The van der Waals surface area contributed by atoms with Gasteiger partial charge in [-0.15, -0.1) is 0 Å². The predicted octanol–water partition coefficient (Wildman–Crippen LogP) is 3.93. The lowest BCUT2D eigenvalue weighted by Gasteiger charge is -2.46. The monoisotopic (exact) mass is 350 g/mol. The lowest BCUT2D eigenvalue weighted by Crippen LogP contribution is -2.51. The summed E-state index contributed by atoms with van der Waals surface area (Å²) in [6.45, 7) is 1.72. The van der Waals surface area contributed by atoms with Gasteiger partial charge in [-0.1, -0.05) is 48.5 Å². The van der Waals surface area contributed by atoms with Gasteiger partial charge in [0, 0.05) is 30.6 Å². The second-order valence-electron chi connectivity index (χ2n) is 7.38. The average Bonchev–Trinajstić information content (AvgIpc) is 2.65. The molecule has 2 fully saturated rings. The standard InChI is InChI=1S/C21H22N2O3/c24-20-13-16-10-11-22(14-15-6-2-1-3-7-15)19(12-16)21(20)17-8-4-5-9-18(17)23(25)26/h1-9,16,19,21H,10-14H2/t16-,19+,21+/m1/s1. The third kappa shape index (κ3) is 3.15. The fourth-order valence-electron chi connectivity index (χ4n) is 4.59. The molecule has 134 valence electrons. The van der Waals surface area contributed by atoms with Crippen LogP contribution in [0.15, 0.2) is 54.6 Å². The molecular weight excluding hydrogens is 328 g/mol. The van der Waals surface area contributed by atoms with Crippen molar-refractivity contribution >= 4 is 11.5 Å². The van der Waals surface area contributed by atoms with Gasteiger partial charge in [0.2, 0.25) is 0 Å². The molecule has 4 rings (SSSR count). The van der Waals surface area contributed by atoms with Gasteiger partial charge in [0.1, 0.15) is 5.78 Å². The highest BCUT2D eigenvalue weighted by Crippen LogP contribution is 2.43. The molecule has 0 radical (unpaired) electrons. The first-order valence-corrected chi connectivity index (χ1v) is 9.17. The molecule has 1 heterocycles. The van der Waals surface area contributed by atoms with Crippen molar-refractivity contribution in [2.75, 3.05) is 6.54 Å². The number of benzene rings is 2. The predicted molar refractivity (Wildman–Crippen MR) is 98.8 cm³/mol. The maximum absolute atomic E-state index is 12.9. The topological polar surface area (TPSA) is 63.5 Å². The number of para-hydroxylation sites is 1. The van der Waals surface area contributed by atoms with Crippen LogP contribution in [0.25, 0.3) is 0 Å².